The molecule has 82 valence electrons. The first kappa shape index (κ1) is 12.0. The van der Waals surface area contributed by atoms with E-state index < -0.39 is 9.84 Å². The predicted octanol–water partition coefficient (Wildman–Crippen LogP) is 0.371. The Bertz CT molecular complexity index is 460. The summed E-state index contributed by atoms with van der Waals surface area (Å²) in [5, 5.41) is 11.8. The predicted molar refractivity (Wildman–Crippen MR) is 54.6 cm³/mol. The minimum atomic E-state index is -3.13. The van der Waals surface area contributed by atoms with Crippen molar-refractivity contribution in [2.24, 2.45) is 0 Å². The van der Waals surface area contributed by atoms with Crippen LogP contribution in [-0.4, -0.2) is 30.6 Å². The van der Waals surface area contributed by atoms with Gasteiger partial charge in [0.25, 0.3) is 0 Å². The molecule has 0 spiro atoms. The first-order chi connectivity index (χ1) is 7.01. The van der Waals surface area contributed by atoms with Crippen molar-refractivity contribution >= 4 is 21.6 Å². The molecule has 0 aliphatic heterocycles. The number of hydrogen-bond acceptors (Lipinski definition) is 7. The molecule has 0 fully saturated rings. The van der Waals surface area contributed by atoms with Crippen LogP contribution in [0.1, 0.15) is 11.7 Å². The van der Waals surface area contributed by atoms with Gasteiger partial charge in [-0.1, -0.05) is 5.16 Å². The first-order valence-corrected chi connectivity index (χ1v) is 7.16. The molecule has 0 atom stereocenters. The number of sulfone groups is 1. The third-order valence-corrected chi connectivity index (χ3v) is 2.86. The van der Waals surface area contributed by atoms with Crippen LogP contribution in [0, 0.1) is 11.3 Å². The number of aromatic nitrogens is 2. The normalized spacial score (nSPS) is 11.2. The van der Waals surface area contributed by atoms with E-state index in [2.05, 4.69) is 10.1 Å². The van der Waals surface area contributed by atoms with E-state index in [-0.39, 0.29) is 11.6 Å². The maximum atomic E-state index is 10.9. The highest BCUT2D eigenvalue weighted by molar-refractivity contribution is 7.98. The summed E-state index contributed by atoms with van der Waals surface area (Å²) in [6.45, 7) is 0. The van der Waals surface area contributed by atoms with Crippen LogP contribution in [0.2, 0.25) is 0 Å². The average molecular weight is 247 g/mol. The molecule has 0 saturated carbocycles. The minimum absolute atomic E-state index is 0.157. The van der Waals surface area contributed by atoms with Gasteiger partial charge in [-0.3, -0.25) is 0 Å². The van der Waals surface area contributed by atoms with Crippen molar-refractivity contribution in [1.82, 2.24) is 10.1 Å². The summed E-state index contributed by atoms with van der Waals surface area (Å²) in [6.07, 6.45) is 1.10. The Kier molecular flexibility index (Phi) is 4.11. The summed E-state index contributed by atoms with van der Waals surface area (Å²) in [6, 6.07) is 1.96. The van der Waals surface area contributed by atoms with Crippen molar-refractivity contribution in [3.8, 4) is 6.07 Å². The Morgan fingerprint density at radius 1 is 1.60 bits per heavy atom. The number of nitriles is 1. The highest BCUT2D eigenvalue weighted by Crippen LogP contribution is 2.10. The third kappa shape index (κ3) is 4.80. The van der Waals surface area contributed by atoms with Crippen molar-refractivity contribution in [1.29, 1.82) is 5.26 Å². The quantitative estimate of drug-likeness (QED) is 0.693. The van der Waals surface area contributed by atoms with Gasteiger partial charge in [0.15, 0.2) is 15.7 Å². The topological polar surface area (TPSA) is 96.9 Å². The van der Waals surface area contributed by atoms with Gasteiger partial charge >= 0.3 is 0 Å². The van der Waals surface area contributed by atoms with E-state index in [9.17, 15) is 8.42 Å². The lowest BCUT2D eigenvalue weighted by molar-refractivity contribution is 0.386. The molecule has 0 saturated heterocycles. The molecular formula is C7H9N3O3S2. The Hall–Kier alpha value is -1.07. The summed E-state index contributed by atoms with van der Waals surface area (Å²) >= 11 is 1.33. The van der Waals surface area contributed by atoms with Crippen molar-refractivity contribution in [2.45, 2.75) is 11.5 Å². The van der Waals surface area contributed by atoms with Crippen LogP contribution >= 0.6 is 11.8 Å². The lowest BCUT2D eigenvalue weighted by Crippen LogP contribution is -2.02. The summed E-state index contributed by atoms with van der Waals surface area (Å²) in [4.78, 5) is 3.88. The smallest absolute Gasteiger partial charge is 0.236 e. The molecule has 0 aliphatic carbocycles. The highest BCUT2D eigenvalue weighted by atomic mass is 32.2. The van der Waals surface area contributed by atoms with E-state index in [0.29, 0.717) is 17.4 Å². The summed E-state index contributed by atoms with van der Waals surface area (Å²) in [7, 11) is -3.13. The van der Waals surface area contributed by atoms with Crippen molar-refractivity contribution in [3.63, 3.8) is 0 Å². The second-order valence-electron chi connectivity index (χ2n) is 2.83. The average Bonchev–Trinajstić information content (AvgIpc) is 2.50. The fourth-order valence-corrected chi connectivity index (χ4v) is 1.90. The molecular weight excluding hydrogens is 238 g/mol. The molecule has 0 radical (unpaired) electrons. The van der Waals surface area contributed by atoms with Crippen LogP contribution in [-0.2, 0) is 21.3 Å². The monoisotopic (exact) mass is 247 g/mol. The molecule has 1 heterocycles. The molecule has 1 rings (SSSR count). The summed E-state index contributed by atoms with van der Waals surface area (Å²) in [5.74, 6) is 1.03. The SMILES string of the molecule is CS(=O)(=O)Cc1noc(CSCC#N)n1. The molecule has 0 aromatic carbocycles. The van der Waals surface area contributed by atoms with E-state index in [1.807, 2.05) is 6.07 Å². The van der Waals surface area contributed by atoms with Gasteiger partial charge < -0.3 is 4.52 Å². The van der Waals surface area contributed by atoms with Crippen LogP contribution < -0.4 is 0 Å². The minimum Gasteiger partial charge on any atom is -0.338 e. The van der Waals surface area contributed by atoms with Crippen molar-refractivity contribution < 1.29 is 12.9 Å². The van der Waals surface area contributed by atoms with Gasteiger partial charge in [0.2, 0.25) is 5.89 Å². The fourth-order valence-electron chi connectivity index (χ4n) is 0.826. The number of hydrogen-bond donors (Lipinski definition) is 0. The molecule has 6 nitrogen and oxygen atoms in total. The molecule has 0 amide bonds. The zero-order chi connectivity index (χ0) is 11.3. The van der Waals surface area contributed by atoms with Gasteiger partial charge in [-0.2, -0.15) is 10.2 Å². The first-order valence-electron chi connectivity index (χ1n) is 3.95. The second kappa shape index (κ2) is 5.14. The Balaban J connectivity index is 2.54. The van der Waals surface area contributed by atoms with Gasteiger partial charge in [0.05, 0.1) is 17.6 Å². The van der Waals surface area contributed by atoms with E-state index in [4.69, 9.17) is 9.78 Å². The van der Waals surface area contributed by atoms with Gasteiger partial charge in [-0.15, -0.1) is 11.8 Å². The zero-order valence-corrected chi connectivity index (χ0v) is 9.64. The molecule has 1 aromatic heterocycles. The molecule has 1 aromatic rings. The van der Waals surface area contributed by atoms with Crippen LogP contribution in [0.5, 0.6) is 0 Å². The van der Waals surface area contributed by atoms with E-state index in [1.165, 1.54) is 11.8 Å². The fraction of sp³-hybridized carbons (Fsp3) is 0.571. The number of thioether (sulfide) groups is 1. The van der Waals surface area contributed by atoms with E-state index in [1.54, 1.807) is 0 Å². The van der Waals surface area contributed by atoms with Gasteiger partial charge in [-0.25, -0.2) is 8.42 Å². The van der Waals surface area contributed by atoms with Crippen LogP contribution in [0.4, 0.5) is 0 Å². The van der Waals surface area contributed by atoms with Crippen molar-refractivity contribution in [3.05, 3.63) is 11.7 Å². The van der Waals surface area contributed by atoms with Gasteiger partial charge in [0, 0.05) is 6.26 Å². The molecule has 0 aliphatic rings. The number of rotatable bonds is 5. The standard InChI is InChI=1S/C7H9N3O3S2/c1-15(11,12)5-6-9-7(13-10-6)4-14-3-2-8/h3-5H2,1H3. The Morgan fingerprint density at radius 2 is 2.33 bits per heavy atom. The Labute approximate surface area is 91.6 Å². The maximum absolute atomic E-state index is 10.9. The molecule has 8 heteroatoms. The van der Waals surface area contributed by atoms with E-state index in [0.717, 1.165) is 6.26 Å². The van der Waals surface area contributed by atoms with Gasteiger partial charge in [0.1, 0.15) is 5.75 Å². The van der Waals surface area contributed by atoms with Crippen molar-refractivity contribution in [2.75, 3.05) is 12.0 Å². The Morgan fingerprint density at radius 3 is 2.93 bits per heavy atom. The summed E-state index contributed by atoms with van der Waals surface area (Å²) < 4.78 is 26.6. The highest BCUT2D eigenvalue weighted by Gasteiger charge is 2.11. The molecule has 0 bridgehead atoms. The molecule has 0 unspecified atom stereocenters. The van der Waals surface area contributed by atoms with E-state index >= 15 is 0 Å². The lowest BCUT2D eigenvalue weighted by atomic mass is 10.7. The summed E-state index contributed by atoms with van der Waals surface area (Å²) in [5.41, 5.74) is 0. The maximum Gasteiger partial charge on any atom is 0.236 e. The van der Waals surface area contributed by atoms with Gasteiger partial charge in [-0.05, 0) is 0 Å². The number of nitrogens with zero attached hydrogens (tertiary/aromatic N) is 3. The van der Waals surface area contributed by atoms with Crippen LogP contribution in [0.25, 0.3) is 0 Å². The lowest BCUT2D eigenvalue weighted by Gasteiger charge is -1.89. The zero-order valence-electron chi connectivity index (χ0n) is 8.00. The molecule has 15 heavy (non-hydrogen) atoms. The van der Waals surface area contributed by atoms with Crippen LogP contribution in [0.15, 0.2) is 4.52 Å². The van der Waals surface area contributed by atoms with Crippen LogP contribution in [0.3, 0.4) is 0 Å². The molecule has 0 N–H and O–H groups in total. The second-order valence-corrected chi connectivity index (χ2v) is 5.95. The largest absolute Gasteiger partial charge is 0.338 e. The third-order valence-electron chi connectivity index (χ3n) is 1.29.